The summed E-state index contributed by atoms with van der Waals surface area (Å²) in [5.74, 6) is -0.202. The molecule has 1 aromatic heterocycles. The van der Waals surface area contributed by atoms with Crippen molar-refractivity contribution in [3.8, 4) is 10.6 Å². The third-order valence-electron chi connectivity index (χ3n) is 3.96. The normalized spacial score (nSPS) is 19.8. The van der Waals surface area contributed by atoms with E-state index in [1.54, 1.807) is 12.1 Å². The first kappa shape index (κ1) is 14.6. The van der Waals surface area contributed by atoms with Gasteiger partial charge in [0.25, 0.3) is 0 Å². The Labute approximate surface area is 128 Å². The zero-order valence-corrected chi connectivity index (χ0v) is 13.0. The molecule has 0 amide bonds. The SMILES string of the molecule is CNC1CCCN(Cc2csc(-c3ccccc3F)n2)C1. The Morgan fingerprint density at radius 2 is 2.29 bits per heavy atom. The minimum absolute atomic E-state index is 0.202. The van der Waals surface area contributed by atoms with E-state index in [0.29, 0.717) is 11.6 Å². The van der Waals surface area contributed by atoms with Crippen molar-refractivity contribution in [3.05, 3.63) is 41.2 Å². The lowest BCUT2D eigenvalue weighted by atomic mass is 10.1. The van der Waals surface area contributed by atoms with E-state index in [2.05, 4.69) is 15.2 Å². The van der Waals surface area contributed by atoms with Crippen molar-refractivity contribution in [1.29, 1.82) is 0 Å². The van der Waals surface area contributed by atoms with Crippen molar-refractivity contribution in [2.75, 3.05) is 20.1 Å². The van der Waals surface area contributed by atoms with Gasteiger partial charge in [-0.15, -0.1) is 11.3 Å². The van der Waals surface area contributed by atoms with Gasteiger partial charge in [-0.1, -0.05) is 12.1 Å². The van der Waals surface area contributed by atoms with E-state index in [4.69, 9.17) is 0 Å². The number of hydrogen-bond donors (Lipinski definition) is 1. The smallest absolute Gasteiger partial charge is 0.133 e. The minimum atomic E-state index is -0.202. The summed E-state index contributed by atoms with van der Waals surface area (Å²) in [5, 5.41) is 6.16. The zero-order valence-electron chi connectivity index (χ0n) is 12.2. The van der Waals surface area contributed by atoms with Gasteiger partial charge in [0.1, 0.15) is 10.8 Å². The van der Waals surface area contributed by atoms with Gasteiger partial charge < -0.3 is 5.32 Å². The summed E-state index contributed by atoms with van der Waals surface area (Å²) < 4.78 is 13.8. The summed E-state index contributed by atoms with van der Waals surface area (Å²) in [6.45, 7) is 3.02. The molecule has 1 unspecified atom stereocenters. The van der Waals surface area contributed by atoms with Crippen molar-refractivity contribution in [2.24, 2.45) is 0 Å². The van der Waals surface area contributed by atoms with E-state index in [0.717, 1.165) is 30.3 Å². The molecule has 5 heteroatoms. The summed E-state index contributed by atoms with van der Waals surface area (Å²) in [5.41, 5.74) is 1.63. The highest BCUT2D eigenvalue weighted by molar-refractivity contribution is 7.13. The van der Waals surface area contributed by atoms with Gasteiger partial charge in [0.15, 0.2) is 0 Å². The number of likely N-dealkylation sites (tertiary alicyclic amines) is 1. The predicted molar refractivity (Wildman–Crippen MR) is 84.9 cm³/mol. The fourth-order valence-electron chi connectivity index (χ4n) is 2.80. The second kappa shape index (κ2) is 6.64. The lowest BCUT2D eigenvalue weighted by molar-refractivity contribution is 0.186. The Morgan fingerprint density at radius 3 is 3.10 bits per heavy atom. The standard InChI is InChI=1S/C16H20FN3S/c1-18-12-5-4-8-20(9-12)10-13-11-21-16(19-13)14-6-2-3-7-15(14)17/h2-3,6-7,11-12,18H,4-5,8-10H2,1H3. The van der Waals surface area contributed by atoms with Crippen LogP contribution in [0.2, 0.25) is 0 Å². The van der Waals surface area contributed by atoms with Crippen molar-refractivity contribution in [3.63, 3.8) is 0 Å². The molecule has 2 heterocycles. The predicted octanol–water partition coefficient (Wildman–Crippen LogP) is 3.13. The number of halogens is 1. The number of benzene rings is 1. The van der Waals surface area contributed by atoms with Gasteiger partial charge >= 0.3 is 0 Å². The van der Waals surface area contributed by atoms with Crippen LogP contribution in [0.5, 0.6) is 0 Å². The van der Waals surface area contributed by atoms with Crippen LogP contribution in [0, 0.1) is 5.82 Å². The Hall–Kier alpha value is -1.30. The lowest BCUT2D eigenvalue weighted by Crippen LogP contribution is -2.43. The van der Waals surface area contributed by atoms with Crippen LogP contribution < -0.4 is 5.32 Å². The molecule has 2 aromatic rings. The monoisotopic (exact) mass is 305 g/mol. The third kappa shape index (κ3) is 3.48. The number of thiazole rings is 1. The average molecular weight is 305 g/mol. The van der Waals surface area contributed by atoms with Crippen LogP contribution in [-0.2, 0) is 6.54 Å². The number of nitrogens with one attached hydrogen (secondary N) is 1. The van der Waals surface area contributed by atoms with Crippen molar-refractivity contribution in [1.82, 2.24) is 15.2 Å². The molecule has 3 rings (SSSR count). The van der Waals surface area contributed by atoms with Crippen LogP contribution in [-0.4, -0.2) is 36.1 Å². The highest BCUT2D eigenvalue weighted by atomic mass is 32.1. The Bertz CT molecular complexity index is 599. The highest BCUT2D eigenvalue weighted by Crippen LogP contribution is 2.26. The first-order valence-electron chi connectivity index (χ1n) is 7.35. The van der Waals surface area contributed by atoms with Crippen LogP contribution in [0.15, 0.2) is 29.6 Å². The summed E-state index contributed by atoms with van der Waals surface area (Å²) in [4.78, 5) is 7.02. The molecule has 1 fully saturated rings. The topological polar surface area (TPSA) is 28.2 Å². The Morgan fingerprint density at radius 1 is 1.43 bits per heavy atom. The second-order valence-electron chi connectivity index (χ2n) is 5.49. The molecule has 0 bridgehead atoms. The fraction of sp³-hybridized carbons (Fsp3) is 0.438. The van der Waals surface area contributed by atoms with Gasteiger partial charge in [-0.3, -0.25) is 4.90 Å². The molecule has 21 heavy (non-hydrogen) atoms. The number of nitrogens with zero attached hydrogens (tertiary/aromatic N) is 2. The maximum Gasteiger partial charge on any atom is 0.133 e. The summed E-state index contributed by atoms with van der Waals surface area (Å²) in [7, 11) is 2.02. The van der Waals surface area contributed by atoms with E-state index < -0.39 is 0 Å². The average Bonchev–Trinajstić information content (AvgIpc) is 2.96. The molecule has 1 aliphatic rings. The van der Waals surface area contributed by atoms with E-state index in [1.807, 2.05) is 18.5 Å². The molecule has 1 aromatic carbocycles. The molecule has 1 N–H and O–H groups in total. The summed E-state index contributed by atoms with van der Waals surface area (Å²) in [6, 6.07) is 7.40. The van der Waals surface area contributed by atoms with E-state index in [-0.39, 0.29) is 5.82 Å². The van der Waals surface area contributed by atoms with Crippen LogP contribution in [0.1, 0.15) is 18.5 Å². The number of piperidine rings is 1. The maximum atomic E-state index is 13.8. The summed E-state index contributed by atoms with van der Waals surface area (Å²) in [6.07, 6.45) is 2.46. The van der Waals surface area contributed by atoms with Gasteiger partial charge in [0.05, 0.1) is 5.69 Å². The van der Waals surface area contributed by atoms with Crippen molar-refractivity contribution < 1.29 is 4.39 Å². The van der Waals surface area contributed by atoms with E-state index >= 15 is 0 Å². The van der Waals surface area contributed by atoms with Gasteiger partial charge in [-0.25, -0.2) is 9.37 Å². The fourth-order valence-corrected chi connectivity index (χ4v) is 3.64. The van der Waals surface area contributed by atoms with Gasteiger partial charge in [0.2, 0.25) is 0 Å². The second-order valence-corrected chi connectivity index (χ2v) is 6.34. The Kier molecular flexibility index (Phi) is 4.63. The molecule has 112 valence electrons. The molecule has 1 aliphatic heterocycles. The van der Waals surface area contributed by atoms with Gasteiger partial charge in [-0.05, 0) is 38.6 Å². The molecule has 3 nitrogen and oxygen atoms in total. The molecule has 0 saturated carbocycles. The first-order chi connectivity index (χ1) is 10.3. The quantitative estimate of drug-likeness (QED) is 0.940. The Balaban J connectivity index is 1.69. The summed E-state index contributed by atoms with van der Waals surface area (Å²) >= 11 is 1.52. The first-order valence-corrected chi connectivity index (χ1v) is 8.23. The largest absolute Gasteiger partial charge is 0.316 e. The number of likely N-dealkylation sites (N-methyl/N-ethyl adjacent to an activating group) is 1. The van der Waals surface area contributed by atoms with Crippen molar-refractivity contribution >= 4 is 11.3 Å². The molecular weight excluding hydrogens is 285 g/mol. The lowest BCUT2D eigenvalue weighted by Gasteiger charge is -2.31. The van der Waals surface area contributed by atoms with Gasteiger partial charge in [0, 0.05) is 30.1 Å². The molecular formula is C16H20FN3S. The molecule has 0 radical (unpaired) electrons. The van der Waals surface area contributed by atoms with Crippen LogP contribution in [0.4, 0.5) is 4.39 Å². The number of aromatic nitrogens is 1. The van der Waals surface area contributed by atoms with E-state index in [9.17, 15) is 4.39 Å². The van der Waals surface area contributed by atoms with Crippen LogP contribution >= 0.6 is 11.3 Å². The maximum absolute atomic E-state index is 13.8. The molecule has 1 atom stereocenters. The number of hydrogen-bond acceptors (Lipinski definition) is 4. The van der Waals surface area contributed by atoms with Crippen LogP contribution in [0.25, 0.3) is 10.6 Å². The van der Waals surface area contributed by atoms with Crippen molar-refractivity contribution in [2.45, 2.75) is 25.4 Å². The molecule has 0 spiro atoms. The molecule has 0 aliphatic carbocycles. The number of rotatable bonds is 4. The third-order valence-corrected chi connectivity index (χ3v) is 4.88. The van der Waals surface area contributed by atoms with E-state index in [1.165, 1.54) is 30.2 Å². The van der Waals surface area contributed by atoms with Crippen LogP contribution in [0.3, 0.4) is 0 Å². The zero-order chi connectivity index (χ0) is 14.7. The molecule has 1 saturated heterocycles. The minimum Gasteiger partial charge on any atom is -0.316 e. The van der Waals surface area contributed by atoms with Gasteiger partial charge in [-0.2, -0.15) is 0 Å². The highest BCUT2D eigenvalue weighted by Gasteiger charge is 2.19.